The molecule has 0 saturated carbocycles. The van der Waals surface area contributed by atoms with E-state index >= 15 is 0 Å². The van der Waals surface area contributed by atoms with Crippen LogP contribution in [0.4, 0.5) is 0 Å². The average molecular weight is 240 g/mol. The SMILES string of the molecule is CCC(CC)NCCN1CCC(CC)(CC)C1. The zero-order chi connectivity index (χ0) is 12.7. The van der Waals surface area contributed by atoms with Crippen LogP contribution in [-0.2, 0) is 0 Å². The highest BCUT2D eigenvalue weighted by atomic mass is 15.2. The maximum atomic E-state index is 3.67. The van der Waals surface area contributed by atoms with Crippen molar-refractivity contribution >= 4 is 0 Å². The number of hydrogen-bond acceptors (Lipinski definition) is 2. The van der Waals surface area contributed by atoms with Gasteiger partial charge >= 0.3 is 0 Å². The Morgan fingerprint density at radius 3 is 2.24 bits per heavy atom. The summed E-state index contributed by atoms with van der Waals surface area (Å²) in [4.78, 5) is 2.66. The summed E-state index contributed by atoms with van der Waals surface area (Å²) in [6.45, 7) is 14.3. The molecule has 0 spiro atoms. The van der Waals surface area contributed by atoms with Gasteiger partial charge in [-0.25, -0.2) is 0 Å². The normalized spacial score (nSPS) is 20.3. The molecule has 1 N–H and O–H groups in total. The summed E-state index contributed by atoms with van der Waals surface area (Å²) in [7, 11) is 0. The molecule has 0 unspecified atom stereocenters. The van der Waals surface area contributed by atoms with E-state index in [0.717, 1.165) is 12.6 Å². The second kappa shape index (κ2) is 7.38. The maximum Gasteiger partial charge on any atom is 0.0107 e. The lowest BCUT2D eigenvalue weighted by molar-refractivity contribution is 0.238. The summed E-state index contributed by atoms with van der Waals surface area (Å²) in [6.07, 6.45) is 6.61. The van der Waals surface area contributed by atoms with Crippen LogP contribution in [0.15, 0.2) is 0 Å². The molecule has 2 nitrogen and oxygen atoms in total. The number of hydrogen-bond donors (Lipinski definition) is 1. The van der Waals surface area contributed by atoms with E-state index in [1.165, 1.54) is 51.7 Å². The molecular formula is C15H32N2. The van der Waals surface area contributed by atoms with Crippen LogP contribution in [0, 0.1) is 5.41 Å². The molecule has 17 heavy (non-hydrogen) atoms. The lowest BCUT2D eigenvalue weighted by Crippen LogP contribution is -2.36. The summed E-state index contributed by atoms with van der Waals surface area (Å²) >= 11 is 0. The third-order valence-electron chi connectivity index (χ3n) is 4.86. The highest BCUT2D eigenvalue weighted by Gasteiger charge is 2.34. The van der Waals surface area contributed by atoms with E-state index in [1.54, 1.807) is 0 Å². The largest absolute Gasteiger partial charge is 0.313 e. The zero-order valence-electron chi connectivity index (χ0n) is 12.4. The predicted octanol–water partition coefficient (Wildman–Crippen LogP) is 3.28. The van der Waals surface area contributed by atoms with E-state index in [-0.39, 0.29) is 0 Å². The van der Waals surface area contributed by atoms with Gasteiger partial charge in [0.25, 0.3) is 0 Å². The molecule has 2 heteroatoms. The molecule has 1 saturated heterocycles. The number of nitrogens with one attached hydrogen (secondary N) is 1. The van der Waals surface area contributed by atoms with E-state index < -0.39 is 0 Å². The second-order valence-corrected chi connectivity index (χ2v) is 5.70. The lowest BCUT2D eigenvalue weighted by Gasteiger charge is -2.27. The van der Waals surface area contributed by atoms with Crippen LogP contribution >= 0.6 is 0 Å². The quantitative estimate of drug-likeness (QED) is 0.700. The van der Waals surface area contributed by atoms with Gasteiger partial charge in [-0.1, -0.05) is 27.7 Å². The molecule has 102 valence electrons. The van der Waals surface area contributed by atoms with Gasteiger partial charge in [-0.05, 0) is 44.1 Å². The molecule has 1 aliphatic heterocycles. The Kier molecular flexibility index (Phi) is 6.50. The van der Waals surface area contributed by atoms with Gasteiger partial charge in [0.1, 0.15) is 0 Å². The first kappa shape index (κ1) is 15.0. The molecule has 1 aliphatic rings. The zero-order valence-corrected chi connectivity index (χ0v) is 12.4. The van der Waals surface area contributed by atoms with E-state index in [2.05, 4.69) is 37.9 Å². The minimum atomic E-state index is 0.634. The number of likely N-dealkylation sites (tertiary alicyclic amines) is 1. The van der Waals surface area contributed by atoms with Crippen LogP contribution in [-0.4, -0.2) is 37.1 Å². The van der Waals surface area contributed by atoms with Crippen molar-refractivity contribution in [1.82, 2.24) is 10.2 Å². The fourth-order valence-electron chi connectivity index (χ4n) is 3.05. The minimum absolute atomic E-state index is 0.634. The Morgan fingerprint density at radius 2 is 1.76 bits per heavy atom. The van der Waals surface area contributed by atoms with Crippen molar-refractivity contribution in [2.75, 3.05) is 26.2 Å². The molecule has 0 aromatic heterocycles. The fraction of sp³-hybridized carbons (Fsp3) is 1.00. The van der Waals surface area contributed by atoms with E-state index in [1.807, 2.05) is 0 Å². The number of nitrogens with zero attached hydrogens (tertiary/aromatic N) is 1. The molecular weight excluding hydrogens is 208 g/mol. The van der Waals surface area contributed by atoms with E-state index in [4.69, 9.17) is 0 Å². The third-order valence-corrected chi connectivity index (χ3v) is 4.86. The monoisotopic (exact) mass is 240 g/mol. The van der Waals surface area contributed by atoms with Crippen LogP contribution in [0.25, 0.3) is 0 Å². The van der Waals surface area contributed by atoms with Gasteiger partial charge in [-0.2, -0.15) is 0 Å². The van der Waals surface area contributed by atoms with Crippen molar-refractivity contribution in [3.63, 3.8) is 0 Å². The molecule has 0 bridgehead atoms. The first-order valence-corrected chi connectivity index (χ1v) is 7.65. The van der Waals surface area contributed by atoms with Crippen molar-refractivity contribution in [1.29, 1.82) is 0 Å². The van der Waals surface area contributed by atoms with Crippen molar-refractivity contribution in [3.8, 4) is 0 Å². The molecule has 0 atom stereocenters. The number of rotatable bonds is 8. The molecule has 0 radical (unpaired) electrons. The Morgan fingerprint density at radius 1 is 1.12 bits per heavy atom. The predicted molar refractivity (Wildman–Crippen MR) is 76.4 cm³/mol. The minimum Gasteiger partial charge on any atom is -0.313 e. The van der Waals surface area contributed by atoms with Crippen LogP contribution in [0.3, 0.4) is 0 Å². The average Bonchev–Trinajstić information content (AvgIpc) is 2.79. The van der Waals surface area contributed by atoms with Gasteiger partial charge in [0.05, 0.1) is 0 Å². The highest BCUT2D eigenvalue weighted by molar-refractivity contribution is 4.88. The molecule has 0 aromatic carbocycles. The molecule has 0 aliphatic carbocycles. The van der Waals surface area contributed by atoms with Crippen molar-refractivity contribution < 1.29 is 0 Å². The third kappa shape index (κ3) is 4.26. The van der Waals surface area contributed by atoms with Crippen LogP contribution in [0.1, 0.15) is 59.8 Å². The first-order chi connectivity index (χ1) is 8.19. The van der Waals surface area contributed by atoms with E-state index in [0.29, 0.717) is 5.41 Å². The first-order valence-electron chi connectivity index (χ1n) is 7.65. The fourth-order valence-corrected chi connectivity index (χ4v) is 3.05. The summed E-state index contributed by atoms with van der Waals surface area (Å²) in [5.74, 6) is 0. The van der Waals surface area contributed by atoms with Gasteiger partial charge in [0, 0.05) is 25.7 Å². The molecule has 1 rings (SSSR count). The van der Waals surface area contributed by atoms with Crippen LogP contribution in [0.5, 0.6) is 0 Å². The summed E-state index contributed by atoms with van der Waals surface area (Å²) in [5, 5.41) is 3.67. The van der Waals surface area contributed by atoms with Crippen molar-refractivity contribution in [2.45, 2.75) is 65.8 Å². The van der Waals surface area contributed by atoms with Gasteiger partial charge in [0.15, 0.2) is 0 Å². The van der Waals surface area contributed by atoms with Gasteiger partial charge in [0.2, 0.25) is 0 Å². The summed E-state index contributed by atoms with van der Waals surface area (Å²) in [6, 6.07) is 0.722. The smallest absolute Gasteiger partial charge is 0.0107 e. The van der Waals surface area contributed by atoms with E-state index in [9.17, 15) is 0 Å². The van der Waals surface area contributed by atoms with Crippen LogP contribution in [0.2, 0.25) is 0 Å². The van der Waals surface area contributed by atoms with Crippen molar-refractivity contribution in [2.24, 2.45) is 5.41 Å². The van der Waals surface area contributed by atoms with Gasteiger partial charge in [-0.3, -0.25) is 0 Å². The Balaban J connectivity index is 2.22. The lowest BCUT2D eigenvalue weighted by atomic mass is 9.82. The standard InChI is InChI=1S/C15H32N2/c1-5-14(6-2)16-10-12-17-11-9-15(7-3,8-4)13-17/h14,16H,5-13H2,1-4H3. The molecule has 1 heterocycles. The summed E-state index contributed by atoms with van der Waals surface area (Å²) < 4.78 is 0. The molecule has 1 fully saturated rings. The Bertz CT molecular complexity index is 195. The van der Waals surface area contributed by atoms with Gasteiger partial charge in [-0.15, -0.1) is 0 Å². The van der Waals surface area contributed by atoms with Crippen LogP contribution < -0.4 is 5.32 Å². The Labute approximate surface area is 108 Å². The molecule has 0 aromatic rings. The van der Waals surface area contributed by atoms with Crippen molar-refractivity contribution in [3.05, 3.63) is 0 Å². The Hall–Kier alpha value is -0.0800. The molecule has 0 amide bonds. The van der Waals surface area contributed by atoms with Gasteiger partial charge < -0.3 is 10.2 Å². The topological polar surface area (TPSA) is 15.3 Å². The maximum absolute atomic E-state index is 3.67. The second-order valence-electron chi connectivity index (χ2n) is 5.70. The highest BCUT2D eigenvalue weighted by Crippen LogP contribution is 2.36. The summed E-state index contributed by atoms with van der Waals surface area (Å²) in [5.41, 5.74) is 0.634.